The predicted molar refractivity (Wildman–Crippen MR) is 90.7 cm³/mol. The van der Waals surface area contributed by atoms with Gasteiger partial charge in [0.1, 0.15) is 4.99 Å². The van der Waals surface area contributed by atoms with Crippen molar-refractivity contribution in [3.63, 3.8) is 0 Å². The number of nitrogens with two attached hydrogens (primary N) is 1. The molecule has 0 radical (unpaired) electrons. The lowest BCUT2D eigenvalue weighted by Crippen LogP contribution is -2.20. The van der Waals surface area contributed by atoms with E-state index in [0.29, 0.717) is 16.7 Å². The molecule has 0 saturated heterocycles. The van der Waals surface area contributed by atoms with E-state index in [1.807, 2.05) is 32.0 Å². The molecule has 0 spiro atoms. The summed E-state index contributed by atoms with van der Waals surface area (Å²) in [7, 11) is 0. The van der Waals surface area contributed by atoms with E-state index in [1.54, 1.807) is 0 Å². The first-order valence-electron chi connectivity index (χ1n) is 6.93. The Labute approximate surface area is 130 Å². The number of nitrogens with one attached hydrogen (secondary N) is 1. The number of nitrogens with zero attached hydrogens (tertiary/aromatic N) is 2. The lowest BCUT2D eigenvalue weighted by molar-refractivity contribution is 0.795. The van der Waals surface area contributed by atoms with Crippen molar-refractivity contribution in [3.05, 3.63) is 52.7 Å². The highest BCUT2D eigenvalue weighted by Gasteiger charge is 2.14. The molecule has 0 aliphatic heterocycles. The summed E-state index contributed by atoms with van der Waals surface area (Å²) >= 11 is 5.14. The first-order valence-corrected chi connectivity index (χ1v) is 7.34. The fraction of sp³-hybridized carbons (Fsp3) is 0.312. The number of hydrogen-bond donors (Lipinski definition) is 2. The summed E-state index contributed by atoms with van der Waals surface area (Å²) in [6, 6.07) is 10.3. The summed E-state index contributed by atoms with van der Waals surface area (Å²) in [6.45, 7) is 6.78. The van der Waals surface area contributed by atoms with E-state index >= 15 is 0 Å². The fourth-order valence-electron chi connectivity index (χ4n) is 2.18. The summed E-state index contributed by atoms with van der Waals surface area (Å²) < 4.78 is 0. The lowest BCUT2D eigenvalue weighted by Gasteiger charge is -2.16. The third-order valence-electron chi connectivity index (χ3n) is 3.65. The summed E-state index contributed by atoms with van der Waals surface area (Å²) in [5.41, 5.74) is 9.72. The molecule has 3 N–H and O–H groups in total. The minimum absolute atomic E-state index is 0.348. The average molecular weight is 300 g/mol. The summed E-state index contributed by atoms with van der Waals surface area (Å²) in [4.78, 5) is 0.348. The van der Waals surface area contributed by atoms with Crippen LogP contribution in [0.25, 0.3) is 0 Å². The highest BCUT2D eigenvalue weighted by molar-refractivity contribution is 7.80. The second-order valence-corrected chi connectivity index (χ2v) is 5.63. The first-order chi connectivity index (χ1) is 10.0. The van der Waals surface area contributed by atoms with Gasteiger partial charge in [-0.15, -0.1) is 5.10 Å². The van der Waals surface area contributed by atoms with Gasteiger partial charge in [0, 0.05) is 6.54 Å². The molecular formula is C16H20N4S. The molecule has 1 aromatic heterocycles. The average Bonchev–Trinajstić information content (AvgIpc) is 2.48. The van der Waals surface area contributed by atoms with Crippen LogP contribution >= 0.6 is 12.2 Å². The number of benzene rings is 1. The van der Waals surface area contributed by atoms with Gasteiger partial charge in [0.25, 0.3) is 0 Å². The Balaban J connectivity index is 2.17. The molecule has 5 heteroatoms. The molecule has 4 nitrogen and oxygen atoms in total. The van der Waals surface area contributed by atoms with Crippen LogP contribution in [0.1, 0.15) is 35.2 Å². The molecule has 1 unspecified atom stereocenters. The quantitative estimate of drug-likeness (QED) is 0.831. The van der Waals surface area contributed by atoms with Crippen molar-refractivity contribution < 1.29 is 0 Å². The molecule has 2 rings (SSSR count). The minimum Gasteiger partial charge on any atom is -0.389 e. The Kier molecular flexibility index (Phi) is 4.85. The van der Waals surface area contributed by atoms with Crippen molar-refractivity contribution in [1.29, 1.82) is 0 Å². The highest BCUT2D eigenvalue weighted by Crippen LogP contribution is 2.20. The van der Waals surface area contributed by atoms with E-state index in [1.165, 1.54) is 5.56 Å². The number of hydrogen-bond acceptors (Lipinski definition) is 4. The molecule has 0 aliphatic rings. The number of anilines is 1. The molecule has 110 valence electrons. The van der Waals surface area contributed by atoms with E-state index in [4.69, 9.17) is 18.0 Å². The SMILES string of the molecule is Cc1nnc(NCC(C)c2ccccc2)c(C(N)=S)c1C. The van der Waals surface area contributed by atoms with Crippen LogP contribution < -0.4 is 11.1 Å². The molecule has 2 aromatic rings. The molecule has 1 aromatic carbocycles. The van der Waals surface area contributed by atoms with Gasteiger partial charge in [0.2, 0.25) is 0 Å². The summed E-state index contributed by atoms with van der Waals surface area (Å²) in [5.74, 6) is 1.02. The Hall–Kier alpha value is -2.01. The highest BCUT2D eigenvalue weighted by atomic mass is 32.1. The second kappa shape index (κ2) is 6.63. The molecule has 0 amide bonds. The maximum absolute atomic E-state index is 5.83. The maximum Gasteiger partial charge on any atom is 0.159 e. The fourth-order valence-corrected chi connectivity index (χ4v) is 2.43. The molecule has 0 saturated carbocycles. The number of thiocarbonyl (C=S) groups is 1. The van der Waals surface area contributed by atoms with Gasteiger partial charge in [-0.2, -0.15) is 5.10 Å². The van der Waals surface area contributed by atoms with Crippen molar-refractivity contribution in [2.24, 2.45) is 5.73 Å². The number of rotatable bonds is 5. The van der Waals surface area contributed by atoms with Crippen LogP contribution in [0.15, 0.2) is 30.3 Å². The first kappa shape index (κ1) is 15.4. The Morgan fingerprint density at radius 1 is 1.24 bits per heavy atom. The van der Waals surface area contributed by atoms with Gasteiger partial charge < -0.3 is 11.1 Å². The standard InChI is InChI=1S/C16H20N4S/c1-10(13-7-5-4-6-8-13)9-18-16-14(15(17)21)11(2)12(3)19-20-16/h4-8,10H,9H2,1-3H3,(H2,17,21)(H,18,20). The lowest BCUT2D eigenvalue weighted by atomic mass is 10.0. The molecule has 1 heterocycles. The third kappa shape index (κ3) is 3.55. The van der Waals surface area contributed by atoms with Gasteiger partial charge in [-0.25, -0.2) is 0 Å². The van der Waals surface area contributed by atoms with Crippen LogP contribution in [-0.2, 0) is 0 Å². The van der Waals surface area contributed by atoms with Gasteiger partial charge in [0.15, 0.2) is 5.82 Å². The number of aryl methyl sites for hydroxylation is 1. The van der Waals surface area contributed by atoms with Crippen LogP contribution in [0, 0.1) is 13.8 Å². The zero-order valence-corrected chi connectivity index (χ0v) is 13.4. The molecule has 1 atom stereocenters. The Morgan fingerprint density at radius 3 is 2.52 bits per heavy atom. The third-order valence-corrected chi connectivity index (χ3v) is 3.85. The van der Waals surface area contributed by atoms with Crippen molar-refractivity contribution >= 4 is 23.0 Å². The second-order valence-electron chi connectivity index (χ2n) is 5.19. The molecule has 21 heavy (non-hydrogen) atoms. The van der Waals surface area contributed by atoms with Crippen molar-refractivity contribution in [1.82, 2.24) is 10.2 Å². The van der Waals surface area contributed by atoms with E-state index in [0.717, 1.165) is 23.4 Å². The van der Waals surface area contributed by atoms with E-state index in [9.17, 15) is 0 Å². The van der Waals surface area contributed by atoms with Gasteiger partial charge in [0.05, 0.1) is 11.3 Å². The Bertz CT molecular complexity index is 640. The summed E-state index contributed by atoms with van der Waals surface area (Å²) in [5, 5.41) is 11.7. The van der Waals surface area contributed by atoms with Crippen LogP contribution in [0.5, 0.6) is 0 Å². The van der Waals surface area contributed by atoms with Crippen LogP contribution in [0.2, 0.25) is 0 Å². The van der Waals surface area contributed by atoms with Gasteiger partial charge in [-0.1, -0.05) is 49.5 Å². The van der Waals surface area contributed by atoms with Crippen LogP contribution in [-0.4, -0.2) is 21.7 Å². The van der Waals surface area contributed by atoms with Gasteiger partial charge in [-0.3, -0.25) is 0 Å². The molecular weight excluding hydrogens is 280 g/mol. The largest absolute Gasteiger partial charge is 0.389 e. The molecule has 0 bridgehead atoms. The van der Waals surface area contributed by atoms with Gasteiger partial charge in [-0.05, 0) is 30.9 Å². The van der Waals surface area contributed by atoms with Crippen molar-refractivity contribution in [2.45, 2.75) is 26.7 Å². The smallest absolute Gasteiger partial charge is 0.159 e. The minimum atomic E-state index is 0.348. The number of aromatic nitrogens is 2. The maximum atomic E-state index is 5.83. The van der Waals surface area contributed by atoms with E-state index in [-0.39, 0.29) is 0 Å². The molecule has 0 fully saturated rings. The zero-order chi connectivity index (χ0) is 15.4. The monoisotopic (exact) mass is 300 g/mol. The van der Waals surface area contributed by atoms with Gasteiger partial charge >= 0.3 is 0 Å². The van der Waals surface area contributed by atoms with Crippen LogP contribution in [0.3, 0.4) is 0 Å². The normalized spacial score (nSPS) is 12.0. The van der Waals surface area contributed by atoms with Crippen molar-refractivity contribution in [2.75, 3.05) is 11.9 Å². The zero-order valence-electron chi connectivity index (χ0n) is 12.6. The van der Waals surface area contributed by atoms with E-state index in [2.05, 4.69) is 34.6 Å². The summed E-state index contributed by atoms with van der Waals surface area (Å²) in [6.07, 6.45) is 0. The predicted octanol–water partition coefficient (Wildman–Crippen LogP) is 2.94. The van der Waals surface area contributed by atoms with Crippen molar-refractivity contribution in [3.8, 4) is 0 Å². The van der Waals surface area contributed by atoms with Crippen LogP contribution in [0.4, 0.5) is 5.82 Å². The molecule has 0 aliphatic carbocycles. The topological polar surface area (TPSA) is 63.8 Å². The van der Waals surface area contributed by atoms with E-state index < -0.39 is 0 Å². The Morgan fingerprint density at radius 2 is 1.90 bits per heavy atom.